The van der Waals surface area contributed by atoms with Crippen LogP contribution in [0.2, 0.25) is 0 Å². The zero-order valence-corrected chi connectivity index (χ0v) is 15.6. The third-order valence-corrected chi connectivity index (χ3v) is 4.73. The minimum Gasteiger partial charge on any atom is -0.491 e. The summed E-state index contributed by atoms with van der Waals surface area (Å²) in [5.41, 5.74) is 1.61. The van der Waals surface area contributed by atoms with Gasteiger partial charge in [0.05, 0.1) is 0 Å². The Hall–Kier alpha value is -2.43. The van der Waals surface area contributed by atoms with Crippen molar-refractivity contribution >= 4 is 11.9 Å². The molecule has 4 heteroatoms. The van der Waals surface area contributed by atoms with Gasteiger partial charge in [-0.15, -0.1) is 0 Å². The molecule has 0 aromatic heterocycles. The van der Waals surface area contributed by atoms with Gasteiger partial charge in [0.2, 0.25) is 0 Å². The molecule has 3 rings (SSSR count). The van der Waals surface area contributed by atoms with Crippen LogP contribution in [0.5, 0.6) is 5.75 Å². The number of rotatable bonds is 8. The standard InChI is InChI=1S/C23H27NO3/c25-21(17-24-15-5-2-6-16-24)18-27-22-12-9-19(10-13-22)11-14-23(26)20-7-3-1-4-8-20/h1,3-4,7-14,21,25H,2,5-6,15-18H2/b14-11+. The van der Waals surface area contributed by atoms with Crippen molar-refractivity contribution in [2.45, 2.75) is 25.4 Å². The van der Waals surface area contributed by atoms with Gasteiger partial charge in [0, 0.05) is 12.1 Å². The Morgan fingerprint density at radius 2 is 1.74 bits per heavy atom. The van der Waals surface area contributed by atoms with E-state index in [4.69, 9.17) is 4.74 Å². The first-order chi connectivity index (χ1) is 13.2. The van der Waals surface area contributed by atoms with E-state index < -0.39 is 6.10 Å². The second kappa shape index (κ2) is 10.0. The summed E-state index contributed by atoms with van der Waals surface area (Å²) in [4.78, 5) is 14.4. The largest absolute Gasteiger partial charge is 0.491 e. The summed E-state index contributed by atoms with van der Waals surface area (Å²) in [6.45, 7) is 3.10. The van der Waals surface area contributed by atoms with Gasteiger partial charge >= 0.3 is 0 Å². The predicted molar refractivity (Wildman–Crippen MR) is 108 cm³/mol. The normalized spacial score (nSPS) is 16.3. The Balaban J connectivity index is 1.45. The smallest absolute Gasteiger partial charge is 0.185 e. The van der Waals surface area contributed by atoms with E-state index in [-0.39, 0.29) is 12.4 Å². The van der Waals surface area contributed by atoms with Crippen molar-refractivity contribution in [3.63, 3.8) is 0 Å². The first-order valence-corrected chi connectivity index (χ1v) is 9.61. The van der Waals surface area contributed by atoms with E-state index in [9.17, 15) is 9.90 Å². The quantitative estimate of drug-likeness (QED) is 0.571. The Labute approximate surface area is 161 Å². The highest BCUT2D eigenvalue weighted by molar-refractivity contribution is 6.06. The Morgan fingerprint density at radius 1 is 1.04 bits per heavy atom. The number of ketones is 1. The number of allylic oxidation sites excluding steroid dienone is 1. The van der Waals surface area contributed by atoms with E-state index in [1.54, 1.807) is 24.3 Å². The molecule has 0 saturated carbocycles. The van der Waals surface area contributed by atoms with Gasteiger partial charge in [-0.05, 0) is 49.7 Å². The van der Waals surface area contributed by atoms with Crippen LogP contribution in [0.1, 0.15) is 35.2 Å². The third kappa shape index (κ3) is 6.35. The first-order valence-electron chi connectivity index (χ1n) is 9.61. The summed E-state index contributed by atoms with van der Waals surface area (Å²) in [5, 5.41) is 10.2. The van der Waals surface area contributed by atoms with Crippen molar-refractivity contribution in [3.05, 3.63) is 71.8 Å². The average Bonchev–Trinajstić information content (AvgIpc) is 2.72. The zero-order chi connectivity index (χ0) is 18.9. The molecule has 0 bridgehead atoms. The van der Waals surface area contributed by atoms with Crippen LogP contribution in [0, 0.1) is 0 Å². The van der Waals surface area contributed by atoms with Gasteiger partial charge in [-0.1, -0.05) is 55.0 Å². The molecule has 142 valence electrons. The van der Waals surface area contributed by atoms with Crippen LogP contribution in [0.4, 0.5) is 0 Å². The van der Waals surface area contributed by atoms with Crippen LogP contribution in [-0.2, 0) is 0 Å². The number of likely N-dealkylation sites (tertiary alicyclic amines) is 1. The van der Waals surface area contributed by atoms with Crippen LogP contribution in [-0.4, -0.2) is 48.1 Å². The fourth-order valence-electron chi connectivity index (χ4n) is 3.23. The molecule has 1 saturated heterocycles. The maximum atomic E-state index is 12.1. The zero-order valence-electron chi connectivity index (χ0n) is 15.6. The number of benzene rings is 2. The molecule has 1 N–H and O–H groups in total. The lowest BCUT2D eigenvalue weighted by molar-refractivity contribution is 0.0617. The molecule has 1 unspecified atom stereocenters. The number of piperidine rings is 1. The van der Waals surface area contributed by atoms with Crippen LogP contribution >= 0.6 is 0 Å². The molecule has 1 fully saturated rings. The number of hydrogen-bond acceptors (Lipinski definition) is 4. The summed E-state index contributed by atoms with van der Waals surface area (Å²) in [7, 11) is 0. The fourth-order valence-corrected chi connectivity index (χ4v) is 3.23. The van der Waals surface area contributed by atoms with E-state index in [2.05, 4.69) is 4.90 Å². The highest BCUT2D eigenvalue weighted by Crippen LogP contribution is 2.15. The number of β-amino-alcohol motifs (C(OH)–C–C–N with tert-alkyl or cyclic N) is 1. The minimum atomic E-state index is -0.480. The van der Waals surface area contributed by atoms with E-state index in [1.165, 1.54) is 19.3 Å². The highest BCUT2D eigenvalue weighted by atomic mass is 16.5. The molecule has 1 heterocycles. The first kappa shape index (κ1) is 19.3. The molecular formula is C23H27NO3. The molecule has 2 aromatic rings. The van der Waals surface area contributed by atoms with Gasteiger partial charge in [-0.3, -0.25) is 4.79 Å². The maximum absolute atomic E-state index is 12.1. The Bertz CT molecular complexity index is 734. The predicted octanol–water partition coefficient (Wildman–Crippen LogP) is 3.81. The third-order valence-electron chi connectivity index (χ3n) is 4.73. The van der Waals surface area contributed by atoms with Crippen LogP contribution in [0.25, 0.3) is 6.08 Å². The number of carbonyl (C=O) groups is 1. The topological polar surface area (TPSA) is 49.8 Å². The number of aliphatic hydroxyl groups is 1. The van der Waals surface area contributed by atoms with Gasteiger partial charge in [-0.2, -0.15) is 0 Å². The maximum Gasteiger partial charge on any atom is 0.185 e. The SMILES string of the molecule is O=C(/C=C/c1ccc(OCC(O)CN2CCCCC2)cc1)c1ccccc1. The fraction of sp³-hybridized carbons (Fsp3) is 0.348. The number of carbonyl (C=O) groups excluding carboxylic acids is 1. The molecular weight excluding hydrogens is 338 g/mol. The Morgan fingerprint density at radius 3 is 2.44 bits per heavy atom. The molecule has 1 atom stereocenters. The van der Waals surface area contributed by atoms with E-state index >= 15 is 0 Å². The van der Waals surface area contributed by atoms with Gasteiger partial charge in [-0.25, -0.2) is 0 Å². The Kier molecular flexibility index (Phi) is 7.19. The monoisotopic (exact) mass is 365 g/mol. The average molecular weight is 365 g/mol. The molecule has 1 aliphatic heterocycles. The van der Waals surface area contributed by atoms with Gasteiger partial charge in [0.25, 0.3) is 0 Å². The number of ether oxygens (including phenoxy) is 1. The van der Waals surface area contributed by atoms with Gasteiger partial charge < -0.3 is 14.7 Å². The van der Waals surface area contributed by atoms with Crippen molar-refractivity contribution < 1.29 is 14.6 Å². The lowest BCUT2D eigenvalue weighted by atomic mass is 10.1. The molecule has 2 aromatic carbocycles. The van der Waals surface area contributed by atoms with E-state index in [1.807, 2.05) is 42.5 Å². The van der Waals surface area contributed by atoms with Crippen molar-refractivity contribution in [3.8, 4) is 5.75 Å². The minimum absolute atomic E-state index is 0.0169. The molecule has 0 amide bonds. The highest BCUT2D eigenvalue weighted by Gasteiger charge is 2.14. The number of hydrogen-bond donors (Lipinski definition) is 1. The van der Waals surface area contributed by atoms with Crippen molar-refractivity contribution in [1.82, 2.24) is 4.90 Å². The van der Waals surface area contributed by atoms with Crippen molar-refractivity contribution in [2.24, 2.45) is 0 Å². The molecule has 27 heavy (non-hydrogen) atoms. The summed E-state index contributed by atoms with van der Waals surface area (Å²) in [5.74, 6) is 0.705. The number of aliphatic hydroxyl groups excluding tert-OH is 1. The molecule has 1 aliphatic rings. The summed E-state index contributed by atoms with van der Waals surface area (Å²) in [6, 6.07) is 16.7. The van der Waals surface area contributed by atoms with E-state index in [0.717, 1.165) is 24.4 Å². The molecule has 0 spiro atoms. The number of nitrogens with zero attached hydrogens (tertiary/aromatic N) is 1. The van der Waals surface area contributed by atoms with Crippen LogP contribution in [0.3, 0.4) is 0 Å². The summed E-state index contributed by atoms with van der Waals surface area (Å²) < 4.78 is 5.69. The van der Waals surface area contributed by atoms with Gasteiger partial charge in [0.15, 0.2) is 5.78 Å². The van der Waals surface area contributed by atoms with Gasteiger partial charge in [0.1, 0.15) is 18.5 Å². The van der Waals surface area contributed by atoms with Crippen molar-refractivity contribution in [1.29, 1.82) is 0 Å². The van der Waals surface area contributed by atoms with E-state index in [0.29, 0.717) is 12.1 Å². The lowest BCUT2D eigenvalue weighted by Gasteiger charge is -2.28. The second-order valence-corrected chi connectivity index (χ2v) is 6.96. The lowest BCUT2D eigenvalue weighted by Crippen LogP contribution is -2.38. The van der Waals surface area contributed by atoms with Crippen molar-refractivity contribution in [2.75, 3.05) is 26.2 Å². The summed E-state index contributed by atoms with van der Waals surface area (Å²) >= 11 is 0. The van der Waals surface area contributed by atoms with Crippen LogP contribution < -0.4 is 4.74 Å². The molecule has 4 nitrogen and oxygen atoms in total. The summed E-state index contributed by atoms with van der Waals surface area (Å²) in [6.07, 6.45) is 6.62. The van der Waals surface area contributed by atoms with Crippen LogP contribution in [0.15, 0.2) is 60.7 Å². The molecule has 0 aliphatic carbocycles. The molecule has 0 radical (unpaired) electrons. The second-order valence-electron chi connectivity index (χ2n) is 6.96.